The van der Waals surface area contributed by atoms with Crippen LogP contribution in [0.2, 0.25) is 0 Å². The molecule has 3 heteroatoms. The third kappa shape index (κ3) is 2.20. The van der Waals surface area contributed by atoms with Crippen molar-refractivity contribution in [2.45, 2.75) is 27.2 Å². The smallest absolute Gasteiger partial charge is 0.227 e. The van der Waals surface area contributed by atoms with Crippen molar-refractivity contribution in [1.82, 2.24) is 4.98 Å². The van der Waals surface area contributed by atoms with E-state index < -0.39 is 0 Å². The van der Waals surface area contributed by atoms with E-state index in [2.05, 4.69) is 80.0 Å². The molecule has 0 bridgehead atoms. The molecule has 0 N–H and O–H groups in total. The summed E-state index contributed by atoms with van der Waals surface area (Å²) < 4.78 is 8.38. The van der Waals surface area contributed by atoms with Crippen molar-refractivity contribution in [3.05, 3.63) is 59.4 Å². The number of nitrogens with zero attached hydrogens (tertiary/aromatic N) is 2. The van der Waals surface area contributed by atoms with E-state index in [1.807, 2.05) is 0 Å². The highest BCUT2D eigenvalue weighted by Crippen LogP contribution is 2.36. The first-order chi connectivity index (χ1) is 11.6. The molecule has 0 amide bonds. The zero-order valence-corrected chi connectivity index (χ0v) is 14.6. The molecule has 4 rings (SSSR count). The van der Waals surface area contributed by atoms with Gasteiger partial charge in [0.25, 0.3) is 0 Å². The summed E-state index contributed by atoms with van der Waals surface area (Å²) in [7, 11) is 2.08. The standard InChI is InChI=1S/C21H21N2O/c1-5-15-8-10-17-16-9-7-14(3)19(20(16)24-21(17)22-15)18-11-6-13(2)12-23(18)4/h6-12H,5H2,1-4H3/q+1. The van der Waals surface area contributed by atoms with Crippen molar-refractivity contribution in [1.29, 1.82) is 0 Å². The van der Waals surface area contributed by atoms with Gasteiger partial charge in [0.05, 0.1) is 5.56 Å². The van der Waals surface area contributed by atoms with Crippen LogP contribution in [0.15, 0.2) is 47.0 Å². The second kappa shape index (κ2) is 5.45. The topological polar surface area (TPSA) is 29.9 Å². The highest BCUT2D eigenvalue weighted by molar-refractivity contribution is 6.08. The lowest BCUT2D eigenvalue weighted by Gasteiger charge is -2.05. The second-order valence-electron chi connectivity index (χ2n) is 6.45. The zero-order valence-electron chi connectivity index (χ0n) is 14.6. The molecule has 0 aliphatic heterocycles. The molecular formula is C21H21N2O+. The van der Waals surface area contributed by atoms with E-state index in [1.165, 1.54) is 11.1 Å². The summed E-state index contributed by atoms with van der Waals surface area (Å²) in [5, 5.41) is 2.21. The molecule has 0 aliphatic rings. The van der Waals surface area contributed by atoms with E-state index in [-0.39, 0.29) is 0 Å². The van der Waals surface area contributed by atoms with Crippen molar-refractivity contribution in [3.8, 4) is 11.3 Å². The fourth-order valence-electron chi connectivity index (χ4n) is 3.38. The van der Waals surface area contributed by atoms with Crippen molar-refractivity contribution < 1.29 is 8.98 Å². The third-order valence-corrected chi connectivity index (χ3v) is 4.67. The van der Waals surface area contributed by atoms with Crippen molar-refractivity contribution in [2.24, 2.45) is 7.05 Å². The first-order valence-corrected chi connectivity index (χ1v) is 8.37. The Hall–Kier alpha value is -2.68. The van der Waals surface area contributed by atoms with Crippen LogP contribution in [0.4, 0.5) is 0 Å². The van der Waals surface area contributed by atoms with Crippen LogP contribution in [0.25, 0.3) is 33.3 Å². The van der Waals surface area contributed by atoms with Gasteiger partial charge in [-0.05, 0) is 44.0 Å². The van der Waals surface area contributed by atoms with Crippen LogP contribution in [0.1, 0.15) is 23.7 Å². The number of aryl methyl sites for hydroxylation is 4. The van der Waals surface area contributed by atoms with Crippen LogP contribution >= 0.6 is 0 Å². The Bertz CT molecular complexity index is 1080. The van der Waals surface area contributed by atoms with Gasteiger partial charge in [-0.1, -0.05) is 19.1 Å². The Morgan fingerprint density at radius 1 is 1.00 bits per heavy atom. The van der Waals surface area contributed by atoms with Crippen molar-refractivity contribution in [3.63, 3.8) is 0 Å². The van der Waals surface area contributed by atoms with Crippen molar-refractivity contribution in [2.75, 3.05) is 0 Å². The van der Waals surface area contributed by atoms with Crippen LogP contribution in [-0.2, 0) is 13.5 Å². The van der Waals surface area contributed by atoms with Gasteiger partial charge in [-0.15, -0.1) is 0 Å². The van der Waals surface area contributed by atoms with Gasteiger partial charge in [0.1, 0.15) is 7.05 Å². The van der Waals surface area contributed by atoms with E-state index in [9.17, 15) is 0 Å². The molecule has 0 saturated heterocycles. The largest absolute Gasteiger partial charge is 0.437 e. The summed E-state index contributed by atoms with van der Waals surface area (Å²) in [4.78, 5) is 4.66. The van der Waals surface area contributed by atoms with Crippen LogP contribution in [-0.4, -0.2) is 4.98 Å². The quantitative estimate of drug-likeness (QED) is 0.504. The van der Waals surface area contributed by atoms with Crippen LogP contribution in [0, 0.1) is 13.8 Å². The Kier molecular flexibility index (Phi) is 3.38. The van der Waals surface area contributed by atoms with E-state index in [4.69, 9.17) is 4.42 Å². The Labute approximate surface area is 141 Å². The molecule has 120 valence electrons. The predicted molar refractivity (Wildman–Crippen MR) is 97.0 cm³/mol. The Morgan fingerprint density at radius 2 is 1.79 bits per heavy atom. The molecule has 3 nitrogen and oxygen atoms in total. The molecule has 1 aromatic carbocycles. The molecule has 24 heavy (non-hydrogen) atoms. The lowest BCUT2D eigenvalue weighted by molar-refractivity contribution is -0.660. The average molecular weight is 317 g/mol. The number of rotatable bonds is 2. The summed E-state index contributed by atoms with van der Waals surface area (Å²) >= 11 is 0. The van der Waals surface area contributed by atoms with Gasteiger partial charge in [0, 0.05) is 28.1 Å². The number of fused-ring (bicyclic) bond motifs is 3. The maximum Gasteiger partial charge on any atom is 0.227 e. The van der Waals surface area contributed by atoms with Gasteiger partial charge in [-0.3, -0.25) is 0 Å². The van der Waals surface area contributed by atoms with Crippen LogP contribution in [0.5, 0.6) is 0 Å². The first-order valence-electron chi connectivity index (χ1n) is 8.37. The predicted octanol–water partition coefficient (Wildman–Crippen LogP) is 4.65. The van der Waals surface area contributed by atoms with Gasteiger partial charge in [-0.25, -0.2) is 9.55 Å². The van der Waals surface area contributed by atoms with E-state index in [0.717, 1.165) is 45.4 Å². The highest BCUT2D eigenvalue weighted by atomic mass is 16.3. The molecule has 4 aromatic rings. The summed E-state index contributed by atoms with van der Waals surface area (Å²) in [6.45, 7) is 6.35. The molecular weight excluding hydrogens is 296 g/mol. The minimum Gasteiger partial charge on any atom is -0.437 e. The van der Waals surface area contributed by atoms with Gasteiger partial charge < -0.3 is 4.42 Å². The van der Waals surface area contributed by atoms with E-state index in [0.29, 0.717) is 0 Å². The highest BCUT2D eigenvalue weighted by Gasteiger charge is 2.20. The van der Waals surface area contributed by atoms with Crippen LogP contribution < -0.4 is 4.57 Å². The molecule has 0 fully saturated rings. The fraction of sp³-hybridized carbons (Fsp3) is 0.238. The fourth-order valence-corrected chi connectivity index (χ4v) is 3.38. The normalized spacial score (nSPS) is 11.5. The van der Waals surface area contributed by atoms with Crippen LogP contribution in [0.3, 0.4) is 0 Å². The number of benzene rings is 1. The third-order valence-electron chi connectivity index (χ3n) is 4.67. The molecule has 0 aliphatic carbocycles. The second-order valence-corrected chi connectivity index (χ2v) is 6.45. The summed E-state index contributed by atoms with van der Waals surface area (Å²) in [5.74, 6) is 0. The lowest BCUT2D eigenvalue weighted by atomic mass is 10.0. The maximum atomic E-state index is 6.22. The molecule has 0 radical (unpaired) electrons. The number of pyridine rings is 2. The molecule has 0 saturated carbocycles. The summed E-state index contributed by atoms with van der Waals surface area (Å²) in [6.07, 6.45) is 3.05. The van der Waals surface area contributed by atoms with Gasteiger partial charge >= 0.3 is 0 Å². The number of hydrogen-bond acceptors (Lipinski definition) is 2. The lowest BCUT2D eigenvalue weighted by Crippen LogP contribution is -2.31. The SMILES string of the molecule is CCc1ccc2c(n1)oc1c(-c3ccc(C)c[n+]3C)c(C)ccc12. The molecule has 3 heterocycles. The van der Waals surface area contributed by atoms with Gasteiger partial charge in [-0.2, -0.15) is 0 Å². The van der Waals surface area contributed by atoms with E-state index in [1.54, 1.807) is 0 Å². The van der Waals surface area contributed by atoms with Crippen molar-refractivity contribution >= 4 is 22.1 Å². The maximum absolute atomic E-state index is 6.22. The number of aromatic nitrogens is 2. The van der Waals surface area contributed by atoms with Gasteiger partial charge in [0.15, 0.2) is 11.8 Å². The molecule has 0 spiro atoms. The monoisotopic (exact) mass is 317 g/mol. The molecule has 0 atom stereocenters. The Morgan fingerprint density at radius 3 is 2.54 bits per heavy atom. The molecule has 3 aromatic heterocycles. The van der Waals surface area contributed by atoms with Gasteiger partial charge in [0.2, 0.25) is 11.4 Å². The zero-order chi connectivity index (χ0) is 16.8. The average Bonchev–Trinajstić information content (AvgIpc) is 2.93. The number of hydrogen-bond donors (Lipinski definition) is 0. The number of furan rings is 1. The molecule has 0 unspecified atom stereocenters. The Balaban J connectivity index is 2.09. The minimum atomic E-state index is 0.728. The minimum absolute atomic E-state index is 0.728. The first kappa shape index (κ1) is 14.9. The summed E-state index contributed by atoms with van der Waals surface area (Å²) in [6, 6.07) is 12.8. The summed E-state index contributed by atoms with van der Waals surface area (Å²) in [5.41, 5.74) is 7.45. The van der Waals surface area contributed by atoms with E-state index >= 15 is 0 Å².